The molecule has 0 fully saturated rings. The zero-order chi connectivity index (χ0) is 34.1. The summed E-state index contributed by atoms with van der Waals surface area (Å²) in [5, 5.41) is 0. The Kier molecular flexibility index (Phi) is 8.43. The highest BCUT2D eigenvalue weighted by molar-refractivity contribution is 6.01. The zero-order valence-electron chi connectivity index (χ0n) is 26.4. The van der Waals surface area contributed by atoms with E-state index in [2.05, 4.69) is 48.5 Å². The molecular weight excluding hydrogens is 623 g/mol. The Hall–Kier alpha value is -5.81. The molecule has 0 amide bonds. The summed E-state index contributed by atoms with van der Waals surface area (Å²) in [6, 6.07) is 48.2. The number of halogens is 5. The van der Waals surface area contributed by atoms with Crippen LogP contribution in [0.1, 0.15) is 11.1 Å². The van der Waals surface area contributed by atoms with E-state index in [4.69, 9.17) is 0 Å². The van der Waals surface area contributed by atoms with Crippen molar-refractivity contribution >= 4 is 0 Å². The minimum absolute atomic E-state index is 0.234. The van der Waals surface area contributed by atoms with Crippen molar-refractivity contribution in [1.29, 1.82) is 0 Å². The van der Waals surface area contributed by atoms with Crippen molar-refractivity contribution in [2.45, 2.75) is 13.1 Å². The fourth-order valence-electron chi connectivity index (χ4n) is 6.32. The molecule has 7 aromatic carbocycles. The minimum Gasteiger partial charge on any atom is -0.207 e. The third-order valence-electron chi connectivity index (χ3n) is 8.82. The summed E-state index contributed by atoms with van der Waals surface area (Å²) < 4.78 is 68.3. The van der Waals surface area contributed by atoms with Crippen LogP contribution in [0.25, 0.3) is 66.8 Å². The second kappa shape index (κ2) is 13.0. The molecule has 0 N–H and O–H groups in total. The van der Waals surface area contributed by atoms with E-state index in [1.807, 2.05) is 66.7 Å². The van der Waals surface area contributed by atoms with Gasteiger partial charge in [0.2, 0.25) is 0 Å². The second-order valence-electron chi connectivity index (χ2n) is 12.0. The molecule has 0 saturated heterocycles. The zero-order valence-corrected chi connectivity index (χ0v) is 26.4. The van der Waals surface area contributed by atoms with Crippen molar-refractivity contribution in [3.8, 4) is 66.8 Å². The Bertz CT molecular complexity index is 2250. The normalized spacial score (nSPS) is 11.5. The monoisotopic (exact) mass is 652 g/mol. The van der Waals surface area contributed by atoms with Gasteiger partial charge in [-0.2, -0.15) is 13.2 Å². The molecule has 0 heterocycles. The van der Waals surface area contributed by atoms with Gasteiger partial charge in [0, 0.05) is 0 Å². The average molecular weight is 653 g/mol. The number of hydrogen-bond donors (Lipinski definition) is 0. The quantitative estimate of drug-likeness (QED) is 0.157. The fourth-order valence-corrected chi connectivity index (χ4v) is 6.32. The van der Waals surface area contributed by atoms with E-state index in [0.29, 0.717) is 11.1 Å². The summed E-state index contributed by atoms with van der Waals surface area (Å²) in [4.78, 5) is 0. The lowest BCUT2D eigenvalue weighted by molar-refractivity contribution is -0.139. The summed E-state index contributed by atoms with van der Waals surface area (Å²) in [5.41, 5.74) is 10.0. The van der Waals surface area contributed by atoms with E-state index < -0.39 is 17.6 Å². The second-order valence-corrected chi connectivity index (χ2v) is 12.0. The van der Waals surface area contributed by atoms with Gasteiger partial charge in [0.1, 0.15) is 11.6 Å². The van der Waals surface area contributed by atoms with Gasteiger partial charge in [0.05, 0.1) is 5.56 Å². The Labute approximate surface area is 281 Å². The Morgan fingerprint density at radius 1 is 0.367 bits per heavy atom. The molecule has 0 aliphatic heterocycles. The predicted molar refractivity (Wildman–Crippen MR) is 189 cm³/mol. The first-order chi connectivity index (χ1) is 23.7. The van der Waals surface area contributed by atoms with Gasteiger partial charge in [0.15, 0.2) is 0 Å². The van der Waals surface area contributed by atoms with E-state index in [0.717, 1.165) is 67.8 Å². The smallest absolute Gasteiger partial charge is 0.207 e. The molecule has 0 unspecified atom stereocenters. The van der Waals surface area contributed by atoms with Gasteiger partial charge >= 0.3 is 6.18 Å². The SMILES string of the molecule is Cc1cc(-c2ccc(-c3ccc(-c4ccc(-c5ccc(F)c(C(F)(F)F)c5)cc4)c(-c4ccccc4)c3-c3ccccc3)cc2)ccc1F. The van der Waals surface area contributed by atoms with Gasteiger partial charge in [-0.25, -0.2) is 8.78 Å². The molecule has 49 heavy (non-hydrogen) atoms. The van der Waals surface area contributed by atoms with Gasteiger partial charge in [-0.05, 0) is 104 Å². The Morgan fingerprint density at radius 2 is 0.755 bits per heavy atom. The van der Waals surface area contributed by atoms with Crippen molar-refractivity contribution in [3.63, 3.8) is 0 Å². The molecule has 5 heteroatoms. The lowest BCUT2D eigenvalue weighted by atomic mass is 9.82. The van der Waals surface area contributed by atoms with E-state index >= 15 is 0 Å². The maximum Gasteiger partial charge on any atom is 0.419 e. The van der Waals surface area contributed by atoms with Gasteiger partial charge in [-0.3, -0.25) is 0 Å². The summed E-state index contributed by atoms with van der Waals surface area (Å²) in [6.07, 6.45) is -4.79. The molecule has 0 saturated carbocycles. The van der Waals surface area contributed by atoms with Crippen molar-refractivity contribution in [2.24, 2.45) is 0 Å². The van der Waals surface area contributed by atoms with E-state index in [1.54, 1.807) is 25.1 Å². The van der Waals surface area contributed by atoms with Crippen LogP contribution in [0.5, 0.6) is 0 Å². The van der Waals surface area contributed by atoms with Crippen LogP contribution in [-0.2, 0) is 6.18 Å². The molecule has 7 aromatic rings. The summed E-state index contributed by atoms with van der Waals surface area (Å²) in [7, 11) is 0. The van der Waals surface area contributed by atoms with E-state index in [9.17, 15) is 22.0 Å². The van der Waals surface area contributed by atoms with Crippen LogP contribution in [0.2, 0.25) is 0 Å². The first-order valence-corrected chi connectivity index (χ1v) is 15.8. The summed E-state index contributed by atoms with van der Waals surface area (Å²) in [6.45, 7) is 1.76. The van der Waals surface area contributed by atoms with E-state index in [-0.39, 0.29) is 11.4 Å². The van der Waals surface area contributed by atoms with Gasteiger partial charge < -0.3 is 0 Å². The van der Waals surface area contributed by atoms with E-state index in [1.165, 1.54) is 12.1 Å². The maximum atomic E-state index is 14.0. The van der Waals surface area contributed by atoms with Crippen LogP contribution < -0.4 is 0 Å². The summed E-state index contributed by atoms with van der Waals surface area (Å²) in [5.74, 6) is -1.53. The highest BCUT2D eigenvalue weighted by Gasteiger charge is 2.34. The Balaban J connectivity index is 1.38. The minimum atomic E-state index is -4.79. The molecular formula is C44H29F5. The standard InChI is InChI=1S/C44H29F5/c1-28-26-35(20-24-40(28)45)29-12-16-31(17-13-29)37-22-23-38(43(34-10-6-3-7-11-34)42(37)33-8-4-2-5-9-33)32-18-14-30(15-19-32)36-21-25-41(46)39(27-36)44(47,48)49/h2-27H,1H3. The molecule has 0 bridgehead atoms. The molecule has 0 radical (unpaired) electrons. The predicted octanol–water partition coefficient (Wildman–Crippen LogP) is 13.3. The molecule has 7 rings (SSSR count). The molecule has 0 atom stereocenters. The lowest BCUT2D eigenvalue weighted by Gasteiger charge is -2.21. The average Bonchev–Trinajstić information content (AvgIpc) is 3.13. The first kappa shape index (κ1) is 31.8. The largest absolute Gasteiger partial charge is 0.419 e. The van der Waals surface area contributed by atoms with Gasteiger partial charge in [0.25, 0.3) is 0 Å². The number of benzene rings is 7. The van der Waals surface area contributed by atoms with Crippen molar-refractivity contribution < 1.29 is 22.0 Å². The third kappa shape index (κ3) is 6.40. The van der Waals surface area contributed by atoms with Crippen LogP contribution in [-0.4, -0.2) is 0 Å². The van der Waals surface area contributed by atoms with Crippen LogP contribution in [0.4, 0.5) is 22.0 Å². The Morgan fingerprint density at radius 3 is 1.18 bits per heavy atom. The third-order valence-corrected chi connectivity index (χ3v) is 8.82. The topological polar surface area (TPSA) is 0 Å². The van der Waals surface area contributed by atoms with Crippen molar-refractivity contribution in [2.75, 3.05) is 0 Å². The molecule has 0 spiro atoms. The molecule has 0 aliphatic carbocycles. The van der Waals surface area contributed by atoms with Crippen LogP contribution in [0, 0.1) is 18.6 Å². The highest BCUT2D eigenvalue weighted by atomic mass is 19.4. The molecule has 240 valence electrons. The van der Waals surface area contributed by atoms with Crippen LogP contribution in [0.15, 0.2) is 158 Å². The van der Waals surface area contributed by atoms with Crippen molar-refractivity contribution in [1.82, 2.24) is 0 Å². The fraction of sp³-hybridized carbons (Fsp3) is 0.0455. The van der Waals surface area contributed by atoms with Gasteiger partial charge in [-0.1, -0.05) is 133 Å². The highest BCUT2D eigenvalue weighted by Crippen LogP contribution is 2.46. The number of aryl methyl sites for hydroxylation is 1. The maximum absolute atomic E-state index is 14.0. The lowest BCUT2D eigenvalue weighted by Crippen LogP contribution is -2.08. The molecule has 0 aromatic heterocycles. The molecule has 0 nitrogen and oxygen atoms in total. The van der Waals surface area contributed by atoms with Crippen LogP contribution >= 0.6 is 0 Å². The number of alkyl halides is 3. The number of hydrogen-bond acceptors (Lipinski definition) is 0. The van der Waals surface area contributed by atoms with Gasteiger partial charge in [-0.15, -0.1) is 0 Å². The molecule has 0 aliphatic rings. The number of rotatable bonds is 6. The van der Waals surface area contributed by atoms with Crippen LogP contribution in [0.3, 0.4) is 0 Å². The van der Waals surface area contributed by atoms with Crippen molar-refractivity contribution in [3.05, 3.63) is 180 Å². The summed E-state index contributed by atoms with van der Waals surface area (Å²) >= 11 is 0. The first-order valence-electron chi connectivity index (χ1n) is 15.8.